The topological polar surface area (TPSA) is 29.9 Å². The molecule has 3 nitrogen and oxygen atoms in total. The van der Waals surface area contributed by atoms with Crippen molar-refractivity contribution in [3.63, 3.8) is 0 Å². The smallest absolute Gasteiger partial charge is 0.0492 e. The van der Waals surface area contributed by atoms with E-state index in [0.717, 1.165) is 13.0 Å². The molecule has 0 amide bonds. The fourth-order valence-electron chi connectivity index (χ4n) is 3.04. The van der Waals surface area contributed by atoms with Crippen LogP contribution in [0, 0.1) is 0 Å². The lowest BCUT2D eigenvalue weighted by Gasteiger charge is -2.15. The van der Waals surface area contributed by atoms with Crippen LogP contribution < -0.4 is 5.32 Å². The van der Waals surface area contributed by atoms with Crippen molar-refractivity contribution in [1.82, 2.24) is 15.1 Å². The zero-order valence-corrected chi connectivity index (χ0v) is 12.4. The molecule has 0 fully saturated rings. The molecular weight excluding hydrogens is 246 g/mol. The number of nitrogens with zero attached hydrogens (tertiary/aromatic N) is 2. The summed E-state index contributed by atoms with van der Waals surface area (Å²) in [7, 11) is 2.00. The third kappa shape index (κ3) is 2.78. The maximum absolute atomic E-state index is 4.20. The molecule has 3 rings (SSSR count). The van der Waals surface area contributed by atoms with Crippen LogP contribution in [0.25, 0.3) is 0 Å². The molecule has 106 valence electrons. The maximum Gasteiger partial charge on any atom is 0.0492 e. The number of aryl methyl sites for hydroxylation is 3. The Bertz CT molecular complexity index is 586. The summed E-state index contributed by atoms with van der Waals surface area (Å²) in [4.78, 5) is 0. The van der Waals surface area contributed by atoms with Gasteiger partial charge in [0.1, 0.15) is 0 Å². The number of rotatable bonds is 5. The fourth-order valence-corrected chi connectivity index (χ4v) is 3.04. The zero-order chi connectivity index (χ0) is 13.9. The van der Waals surface area contributed by atoms with E-state index < -0.39 is 0 Å². The minimum absolute atomic E-state index is 0.411. The molecule has 0 aliphatic heterocycles. The lowest BCUT2D eigenvalue weighted by Crippen LogP contribution is -2.22. The average Bonchev–Trinajstić information content (AvgIpc) is 3.07. The van der Waals surface area contributed by atoms with Crippen LogP contribution in [-0.2, 0) is 26.3 Å². The van der Waals surface area contributed by atoms with Gasteiger partial charge in [-0.05, 0) is 48.9 Å². The van der Waals surface area contributed by atoms with Gasteiger partial charge < -0.3 is 5.32 Å². The Balaban J connectivity index is 1.56. The Hall–Kier alpha value is -1.61. The first-order chi connectivity index (χ1) is 9.74. The molecule has 0 saturated carbocycles. The third-order valence-electron chi connectivity index (χ3n) is 4.38. The van der Waals surface area contributed by atoms with Crippen LogP contribution in [0.5, 0.6) is 0 Å². The summed E-state index contributed by atoms with van der Waals surface area (Å²) in [5, 5.41) is 7.82. The number of nitrogens with one attached hydrogen (secondary N) is 1. The van der Waals surface area contributed by atoms with Crippen molar-refractivity contribution < 1.29 is 0 Å². The predicted octanol–water partition coefficient (Wildman–Crippen LogP) is 2.80. The molecule has 3 heteroatoms. The Morgan fingerprint density at radius 2 is 2.10 bits per heavy atom. The second-order valence-corrected chi connectivity index (χ2v) is 5.75. The Kier molecular flexibility index (Phi) is 3.88. The molecule has 1 heterocycles. The normalized spacial score (nSPS) is 15.3. The van der Waals surface area contributed by atoms with E-state index in [2.05, 4.69) is 41.6 Å². The maximum atomic E-state index is 4.20. The van der Waals surface area contributed by atoms with E-state index in [1.165, 1.54) is 30.5 Å². The van der Waals surface area contributed by atoms with Gasteiger partial charge >= 0.3 is 0 Å². The molecule has 0 bridgehead atoms. The highest BCUT2D eigenvalue weighted by atomic mass is 15.3. The SMILES string of the molecule is CC(NCCc1ccnn1C)c1ccc2c(c1)CCC2. The van der Waals surface area contributed by atoms with Crippen molar-refractivity contribution in [1.29, 1.82) is 0 Å². The van der Waals surface area contributed by atoms with Gasteiger partial charge in [-0.3, -0.25) is 4.68 Å². The summed E-state index contributed by atoms with van der Waals surface area (Å²) in [6, 6.07) is 9.49. The van der Waals surface area contributed by atoms with Crippen LogP contribution in [0.1, 0.15) is 41.8 Å². The average molecular weight is 269 g/mol. The molecule has 1 aromatic heterocycles. The summed E-state index contributed by atoms with van der Waals surface area (Å²) in [5.74, 6) is 0. The van der Waals surface area contributed by atoms with Gasteiger partial charge in [0.15, 0.2) is 0 Å². The molecular formula is C17H23N3. The first kappa shape index (κ1) is 13.4. The first-order valence-electron chi connectivity index (χ1n) is 7.56. The van der Waals surface area contributed by atoms with Crippen LogP contribution in [0.4, 0.5) is 0 Å². The van der Waals surface area contributed by atoms with Gasteiger partial charge in [-0.1, -0.05) is 18.2 Å². The second-order valence-electron chi connectivity index (χ2n) is 5.75. The quantitative estimate of drug-likeness (QED) is 0.904. The van der Waals surface area contributed by atoms with E-state index in [1.807, 2.05) is 17.9 Å². The summed E-state index contributed by atoms with van der Waals surface area (Å²) in [5.41, 5.74) is 5.80. The number of benzene rings is 1. The Labute approximate surface area is 121 Å². The van der Waals surface area contributed by atoms with E-state index in [1.54, 1.807) is 11.1 Å². The molecule has 1 aliphatic carbocycles. The summed E-state index contributed by atoms with van der Waals surface area (Å²) in [6.45, 7) is 3.23. The molecule has 20 heavy (non-hydrogen) atoms. The number of fused-ring (bicyclic) bond motifs is 1. The van der Waals surface area contributed by atoms with Gasteiger partial charge in [0.2, 0.25) is 0 Å². The highest BCUT2D eigenvalue weighted by Crippen LogP contribution is 2.25. The minimum Gasteiger partial charge on any atom is -0.310 e. The standard InChI is InChI=1S/C17H23N3/c1-13(18-10-8-17-9-11-19-20(17)2)15-7-6-14-4-3-5-16(14)12-15/h6-7,9,11-13,18H,3-5,8,10H2,1-2H3. The highest BCUT2D eigenvalue weighted by Gasteiger charge is 2.13. The Morgan fingerprint density at radius 1 is 1.25 bits per heavy atom. The van der Waals surface area contributed by atoms with Crippen LogP contribution in [0.15, 0.2) is 30.5 Å². The third-order valence-corrected chi connectivity index (χ3v) is 4.38. The van der Waals surface area contributed by atoms with Crippen molar-refractivity contribution in [3.8, 4) is 0 Å². The van der Waals surface area contributed by atoms with Gasteiger partial charge in [-0.2, -0.15) is 5.10 Å². The largest absolute Gasteiger partial charge is 0.310 e. The van der Waals surface area contributed by atoms with Crippen LogP contribution >= 0.6 is 0 Å². The van der Waals surface area contributed by atoms with E-state index in [9.17, 15) is 0 Å². The van der Waals surface area contributed by atoms with Crippen molar-refractivity contribution in [2.75, 3.05) is 6.54 Å². The summed E-state index contributed by atoms with van der Waals surface area (Å²) < 4.78 is 1.95. The van der Waals surface area contributed by atoms with Crippen LogP contribution in [0.3, 0.4) is 0 Å². The van der Waals surface area contributed by atoms with Crippen LogP contribution in [0.2, 0.25) is 0 Å². The first-order valence-corrected chi connectivity index (χ1v) is 7.56. The lowest BCUT2D eigenvalue weighted by molar-refractivity contribution is 0.563. The summed E-state index contributed by atoms with van der Waals surface area (Å²) in [6.07, 6.45) is 6.72. The van der Waals surface area contributed by atoms with Crippen molar-refractivity contribution in [2.45, 2.75) is 38.6 Å². The molecule has 1 aliphatic rings. The van der Waals surface area contributed by atoms with Gasteiger partial charge in [-0.25, -0.2) is 0 Å². The fraction of sp³-hybridized carbons (Fsp3) is 0.471. The van der Waals surface area contributed by atoms with Crippen molar-refractivity contribution in [3.05, 3.63) is 52.8 Å². The molecule has 1 atom stereocenters. The van der Waals surface area contributed by atoms with E-state index in [4.69, 9.17) is 0 Å². The predicted molar refractivity (Wildman–Crippen MR) is 81.8 cm³/mol. The molecule has 2 aromatic rings. The molecule has 1 aromatic carbocycles. The van der Waals surface area contributed by atoms with Gasteiger partial charge in [0.25, 0.3) is 0 Å². The molecule has 0 radical (unpaired) electrons. The highest BCUT2D eigenvalue weighted by molar-refractivity contribution is 5.36. The number of hydrogen-bond acceptors (Lipinski definition) is 2. The minimum atomic E-state index is 0.411. The second kappa shape index (κ2) is 5.80. The molecule has 0 spiro atoms. The van der Waals surface area contributed by atoms with Gasteiger partial charge in [0, 0.05) is 37.9 Å². The van der Waals surface area contributed by atoms with E-state index in [-0.39, 0.29) is 0 Å². The van der Waals surface area contributed by atoms with Crippen LogP contribution in [-0.4, -0.2) is 16.3 Å². The number of aromatic nitrogens is 2. The molecule has 1 unspecified atom stereocenters. The van der Waals surface area contributed by atoms with E-state index >= 15 is 0 Å². The zero-order valence-electron chi connectivity index (χ0n) is 12.4. The summed E-state index contributed by atoms with van der Waals surface area (Å²) >= 11 is 0. The van der Waals surface area contributed by atoms with Gasteiger partial charge in [0.05, 0.1) is 0 Å². The molecule has 1 N–H and O–H groups in total. The number of hydrogen-bond donors (Lipinski definition) is 1. The van der Waals surface area contributed by atoms with Crippen molar-refractivity contribution >= 4 is 0 Å². The monoisotopic (exact) mass is 269 g/mol. The lowest BCUT2D eigenvalue weighted by atomic mass is 10.0. The Morgan fingerprint density at radius 3 is 2.90 bits per heavy atom. The molecule has 0 saturated heterocycles. The van der Waals surface area contributed by atoms with Crippen molar-refractivity contribution in [2.24, 2.45) is 7.05 Å². The van der Waals surface area contributed by atoms with Gasteiger partial charge in [-0.15, -0.1) is 0 Å². The van der Waals surface area contributed by atoms with E-state index in [0.29, 0.717) is 6.04 Å².